The summed E-state index contributed by atoms with van der Waals surface area (Å²) in [6.07, 6.45) is 4.09. The second-order valence-corrected chi connectivity index (χ2v) is 2.77. The number of aliphatic hydroxyl groups excluding tert-OH is 1. The van der Waals surface area contributed by atoms with E-state index in [1.165, 1.54) is 12.1 Å². The summed E-state index contributed by atoms with van der Waals surface area (Å²) >= 11 is 0. The molecule has 0 saturated carbocycles. The normalized spacial score (nSPS) is 10.6. The minimum Gasteiger partial charge on any atom is -0.396 e. The van der Waals surface area contributed by atoms with E-state index in [-0.39, 0.29) is 12.3 Å². The van der Waals surface area contributed by atoms with Gasteiger partial charge in [-0.2, -0.15) is 0 Å². The second kappa shape index (κ2) is 5.14. The average Bonchev–Trinajstić information content (AvgIpc) is 2.19. The molecule has 0 fully saturated rings. The van der Waals surface area contributed by atoms with Crippen LogP contribution in [0.2, 0.25) is 0 Å². The first-order valence-electron chi connectivity index (χ1n) is 4.26. The minimum atomic E-state index is -0.427. The molecule has 0 amide bonds. The first-order valence-corrected chi connectivity index (χ1v) is 4.26. The van der Waals surface area contributed by atoms with Crippen molar-refractivity contribution in [3.8, 4) is 0 Å². The molecule has 0 unspecified atom stereocenters. The molecular weight excluding hydrogens is 182 g/mol. The van der Waals surface area contributed by atoms with Gasteiger partial charge in [-0.25, -0.2) is 0 Å². The Morgan fingerprint density at radius 1 is 1.50 bits per heavy atom. The van der Waals surface area contributed by atoms with Crippen LogP contribution >= 0.6 is 0 Å². The maximum Gasteiger partial charge on any atom is 0.270 e. The molecule has 0 aromatic heterocycles. The van der Waals surface area contributed by atoms with Gasteiger partial charge in [0.15, 0.2) is 0 Å². The Bertz CT molecular complexity index is 347. The van der Waals surface area contributed by atoms with Crippen molar-refractivity contribution in [3.63, 3.8) is 0 Å². The monoisotopic (exact) mass is 193 g/mol. The molecular formula is C10H11NO3. The Balaban J connectivity index is 2.78. The van der Waals surface area contributed by atoms with E-state index in [1.807, 2.05) is 0 Å². The number of benzene rings is 1. The maximum absolute atomic E-state index is 10.4. The number of rotatable bonds is 4. The van der Waals surface area contributed by atoms with Crippen molar-refractivity contribution in [2.75, 3.05) is 6.61 Å². The fourth-order valence-electron chi connectivity index (χ4n) is 1.04. The smallest absolute Gasteiger partial charge is 0.270 e. The van der Waals surface area contributed by atoms with Gasteiger partial charge in [0.1, 0.15) is 0 Å². The SMILES string of the molecule is O=[N+]([O-])c1cccc(C=CCCO)c1. The van der Waals surface area contributed by atoms with Crippen LogP contribution in [0.3, 0.4) is 0 Å². The summed E-state index contributed by atoms with van der Waals surface area (Å²) in [5.41, 5.74) is 0.851. The molecule has 1 N–H and O–H groups in total. The van der Waals surface area contributed by atoms with E-state index in [0.717, 1.165) is 5.56 Å². The number of nitro groups is 1. The lowest BCUT2D eigenvalue weighted by molar-refractivity contribution is -0.384. The molecule has 14 heavy (non-hydrogen) atoms. The topological polar surface area (TPSA) is 63.4 Å². The third-order valence-corrected chi connectivity index (χ3v) is 1.69. The zero-order chi connectivity index (χ0) is 10.4. The van der Waals surface area contributed by atoms with Crippen LogP contribution < -0.4 is 0 Å². The quantitative estimate of drug-likeness (QED) is 0.587. The Morgan fingerprint density at radius 3 is 2.93 bits per heavy atom. The minimum absolute atomic E-state index is 0.0798. The van der Waals surface area contributed by atoms with E-state index in [2.05, 4.69) is 0 Å². The molecule has 4 heteroatoms. The van der Waals surface area contributed by atoms with Gasteiger partial charge in [0.25, 0.3) is 5.69 Å². The van der Waals surface area contributed by atoms with Crippen LogP contribution in [0, 0.1) is 10.1 Å². The van der Waals surface area contributed by atoms with Crippen molar-refractivity contribution in [3.05, 3.63) is 46.0 Å². The molecule has 0 saturated heterocycles. The molecule has 0 aliphatic heterocycles. The highest BCUT2D eigenvalue weighted by atomic mass is 16.6. The number of nitrogens with zero attached hydrogens (tertiary/aromatic N) is 1. The zero-order valence-corrected chi connectivity index (χ0v) is 7.59. The van der Waals surface area contributed by atoms with Crippen LogP contribution in [0.1, 0.15) is 12.0 Å². The highest BCUT2D eigenvalue weighted by Crippen LogP contribution is 2.14. The van der Waals surface area contributed by atoms with Gasteiger partial charge >= 0.3 is 0 Å². The van der Waals surface area contributed by atoms with Crippen molar-refractivity contribution in [2.24, 2.45) is 0 Å². The zero-order valence-electron chi connectivity index (χ0n) is 7.59. The third kappa shape index (κ3) is 2.99. The van der Waals surface area contributed by atoms with E-state index >= 15 is 0 Å². The fraction of sp³-hybridized carbons (Fsp3) is 0.200. The Morgan fingerprint density at radius 2 is 2.29 bits per heavy atom. The number of aliphatic hydroxyl groups is 1. The van der Waals surface area contributed by atoms with Gasteiger partial charge < -0.3 is 5.11 Å². The predicted octanol–water partition coefficient (Wildman–Crippen LogP) is 1.99. The molecule has 0 spiro atoms. The molecule has 1 aromatic carbocycles. The highest BCUT2D eigenvalue weighted by Gasteiger charge is 2.02. The Hall–Kier alpha value is -1.68. The summed E-state index contributed by atoms with van der Waals surface area (Å²) < 4.78 is 0. The van der Waals surface area contributed by atoms with Crippen molar-refractivity contribution < 1.29 is 10.0 Å². The van der Waals surface area contributed by atoms with E-state index in [4.69, 9.17) is 5.11 Å². The first kappa shape index (κ1) is 10.4. The lowest BCUT2D eigenvalue weighted by Crippen LogP contribution is -1.87. The standard InChI is InChI=1S/C10H11NO3/c12-7-2-1-4-9-5-3-6-10(8-9)11(13)14/h1,3-6,8,12H,2,7H2. The molecule has 4 nitrogen and oxygen atoms in total. The van der Waals surface area contributed by atoms with Crippen LogP contribution in [0.15, 0.2) is 30.3 Å². The molecule has 0 aliphatic carbocycles. The Kier molecular flexibility index (Phi) is 3.82. The molecule has 0 atom stereocenters. The summed E-state index contributed by atoms with van der Waals surface area (Å²) in [5, 5.41) is 19.0. The molecule has 0 bridgehead atoms. The van der Waals surface area contributed by atoms with Crippen LogP contribution in [0.4, 0.5) is 5.69 Å². The summed E-state index contributed by atoms with van der Waals surface area (Å²) in [4.78, 5) is 10.00. The molecule has 1 aromatic rings. The fourth-order valence-corrected chi connectivity index (χ4v) is 1.04. The Labute approximate surface area is 81.6 Å². The molecule has 74 valence electrons. The molecule has 1 rings (SSSR count). The maximum atomic E-state index is 10.4. The van der Waals surface area contributed by atoms with Gasteiger partial charge in [0.2, 0.25) is 0 Å². The van der Waals surface area contributed by atoms with E-state index in [9.17, 15) is 10.1 Å². The van der Waals surface area contributed by atoms with Crippen molar-refractivity contribution in [1.29, 1.82) is 0 Å². The number of hydrogen-bond acceptors (Lipinski definition) is 3. The molecule has 0 radical (unpaired) electrons. The summed E-state index contributed by atoms with van der Waals surface area (Å²) in [6.45, 7) is 0.0887. The number of hydrogen-bond donors (Lipinski definition) is 1. The first-order chi connectivity index (χ1) is 6.74. The number of non-ortho nitro benzene ring substituents is 1. The summed E-state index contributed by atoms with van der Waals surface area (Å²) in [7, 11) is 0. The van der Waals surface area contributed by atoms with E-state index in [1.54, 1.807) is 24.3 Å². The molecule has 0 aliphatic rings. The highest BCUT2D eigenvalue weighted by molar-refractivity contribution is 5.53. The van der Waals surface area contributed by atoms with Crippen LogP contribution in [-0.2, 0) is 0 Å². The van der Waals surface area contributed by atoms with E-state index < -0.39 is 4.92 Å². The summed E-state index contributed by atoms with van der Waals surface area (Å²) in [6, 6.07) is 6.36. The van der Waals surface area contributed by atoms with Crippen LogP contribution in [0.5, 0.6) is 0 Å². The van der Waals surface area contributed by atoms with Gasteiger partial charge in [-0.3, -0.25) is 10.1 Å². The van der Waals surface area contributed by atoms with Crippen molar-refractivity contribution in [2.45, 2.75) is 6.42 Å². The second-order valence-electron chi connectivity index (χ2n) is 2.77. The van der Waals surface area contributed by atoms with Crippen LogP contribution in [0.25, 0.3) is 6.08 Å². The van der Waals surface area contributed by atoms with Gasteiger partial charge in [0.05, 0.1) is 4.92 Å². The largest absolute Gasteiger partial charge is 0.396 e. The third-order valence-electron chi connectivity index (χ3n) is 1.69. The number of nitro benzene ring substituents is 1. The average molecular weight is 193 g/mol. The lowest BCUT2D eigenvalue weighted by Gasteiger charge is -1.93. The summed E-state index contributed by atoms with van der Waals surface area (Å²) in [5.74, 6) is 0. The van der Waals surface area contributed by atoms with Crippen LogP contribution in [-0.4, -0.2) is 16.6 Å². The van der Waals surface area contributed by atoms with Gasteiger partial charge in [-0.15, -0.1) is 0 Å². The van der Waals surface area contributed by atoms with E-state index in [0.29, 0.717) is 6.42 Å². The predicted molar refractivity (Wildman–Crippen MR) is 53.8 cm³/mol. The molecule has 0 heterocycles. The van der Waals surface area contributed by atoms with Gasteiger partial charge in [-0.1, -0.05) is 24.3 Å². The van der Waals surface area contributed by atoms with Crippen molar-refractivity contribution >= 4 is 11.8 Å². The van der Waals surface area contributed by atoms with Crippen molar-refractivity contribution in [1.82, 2.24) is 0 Å². The van der Waals surface area contributed by atoms with Gasteiger partial charge in [-0.05, 0) is 12.0 Å². The van der Waals surface area contributed by atoms with Gasteiger partial charge in [0, 0.05) is 18.7 Å². The lowest BCUT2D eigenvalue weighted by atomic mass is 10.2.